The van der Waals surface area contributed by atoms with Gasteiger partial charge in [-0.3, -0.25) is 4.79 Å². The summed E-state index contributed by atoms with van der Waals surface area (Å²) in [6.45, 7) is -1.36. The zero-order valence-electron chi connectivity index (χ0n) is 18.5. The largest absolute Gasteiger partial charge is 0.480 e. The van der Waals surface area contributed by atoms with E-state index >= 15 is 0 Å². The number of nitrogens with one attached hydrogen (secondary N) is 2. The molecule has 0 spiro atoms. The van der Waals surface area contributed by atoms with E-state index in [1.807, 2.05) is 53.8 Å². The van der Waals surface area contributed by atoms with E-state index in [0.29, 0.717) is 0 Å². The predicted octanol–water partition coefficient (Wildman–Crippen LogP) is 3.05. The Labute approximate surface area is 199 Å². The Kier molecular flexibility index (Phi) is 8.34. The van der Waals surface area contributed by atoms with Gasteiger partial charge in [0.25, 0.3) is 0 Å². The number of hydrogen-bond acceptors (Lipinski definition) is 5. The molecule has 4 N–H and O–H groups in total. The molecule has 2 amide bonds. The van der Waals surface area contributed by atoms with Gasteiger partial charge in [0.1, 0.15) is 12.6 Å². The zero-order valence-corrected chi connectivity index (χ0v) is 18.5. The van der Waals surface area contributed by atoms with Crippen LogP contribution in [0.1, 0.15) is 29.9 Å². The highest BCUT2D eigenvalue weighted by molar-refractivity contribution is 5.83. The van der Waals surface area contributed by atoms with Crippen molar-refractivity contribution in [2.75, 3.05) is 19.8 Å². The Morgan fingerprint density at radius 1 is 1.00 bits per heavy atom. The van der Waals surface area contributed by atoms with Crippen molar-refractivity contribution >= 4 is 18.0 Å². The molecule has 11 heteroatoms. The number of aliphatic hydroxyl groups is 1. The van der Waals surface area contributed by atoms with Gasteiger partial charge in [-0.1, -0.05) is 48.5 Å². The highest BCUT2D eigenvalue weighted by atomic mass is 19.4. The van der Waals surface area contributed by atoms with Crippen molar-refractivity contribution in [1.82, 2.24) is 10.6 Å². The zero-order chi connectivity index (χ0) is 25.6. The Hall–Kier alpha value is -3.60. The maximum Gasteiger partial charge on any atom is 0.407 e. The van der Waals surface area contributed by atoms with Gasteiger partial charge in [-0.15, -0.1) is 0 Å². The number of carbonyl (C=O) groups is 3. The quantitative estimate of drug-likeness (QED) is 0.403. The number of fused-ring (bicyclic) bond motifs is 3. The lowest BCUT2D eigenvalue weighted by atomic mass is 9.98. The first-order valence-corrected chi connectivity index (χ1v) is 10.9. The molecule has 1 aliphatic rings. The van der Waals surface area contributed by atoms with Crippen LogP contribution in [0.3, 0.4) is 0 Å². The lowest BCUT2D eigenvalue weighted by Gasteiger charge is -2.21. The number of alkyl carbamates (subject to hydrolysis) is 1. The van der Waals surface area contributed by atoms with E-state index in [2.05, 4.69) is 5.32 Å². The number of halogens is 3. The van der Waals surface area contributed by atoms with Crippen molar-refractivity contribution in [3.8, 4) is 11.1 Å². The van der Waals surface area contributed by atoms with Gasteiger partial charge in [0.2, 0.25) is 5.91 Å². The van der Waals surface area contributed by atoms with Crippen LogP contribution < -0.4 is 10.6 Å². The molecule has 0 saturated carbocycles. The molecule has 0 heterocycles. The van der Waals surface area contributed by atoms with Gasteiger partial charge in [0, 0.05) is 18.9 Å². The highest BCUT2D eigenvalue weighted by Gasteiger charge is 2.41. The minimum Gasteiger partial charge on any atom is -0.480 e. The molecule has 0 radical (unpaired) electrons. The summed E-state index contributed by atoms with van der Waals surface area (Å²) in [5.41, 5.74) is 4.06. The Morgan fingerprint density at radius 3 is 2.09 bits per heavy atom. The summed E-state index contributed by atoms with van der Waals surface area (Å²) >= 11 is 0. The van der Waals surface area contributed by atoms with Gasteiger partial charge in [-0.2, -0.15) is 13.2 Å². The van der Waals surface area contributed by atoms with Crippen LogP contribution in [0.5, 0.6) is 0 Å². The molecule has 2 aromatic carbocycles. The van der Waals surface area contributed by atoms with E-state index in [4.69, 9.17) is 14.9 Å². The highest BCUT2D eigenvalue weighted by Crippen LogP contribution is 2.44. The standard InChI is InChI=1S/C24H25F3N2O6/c25-24(26,27)14(11-21(31)29-20(12-30)22(32)33)9-10-28-23(34)35-13-19-17-7-3-1-5-15(17)16-6-2-4-8-18(16)19/h1-8,14,19-20,30H,9-13H2,(H,28,34)(H,29,31)(H,32,33)/t14?,20-/m0/s1. The average Bonchev–Trinajstić information content (AvgIpc) is 3.13. The van der Waals surface area contributed by atoms with Crippen LogP contribution in [0.4, 0.5) is 18.0 Å². The van der Waals surface area contributed by atoms with Gasteiger partial charge < -0.3 is 25.6 Å². The third-order valence-electron chi connectivity index (χ3n) is 5.82. The minimum atomic E-state index is -4.75. The molecule has 2 aromatic rings. The van der Waals surface area contributed by atoms with E-state index in [1.54, 1.807) is 0 Å². The second kappa shape index (κ2) is 11.2. The summed E-state index contributed by atoms with van der Waals surface area (Å²) < 4.78 is 45.3. The second-order valence-electron chi connectivity index (χ2n) is 8.12. The Bertz CT molecular complexity index is 1030. The van der Waals surface area contributed by atoms with Gasteiger partial charge in [0.15, 0.2) is 0 Å². The van der Waals surface area contributed by atoms with Gasteiger partial charge >= 0.3 is 18.2 Å². The maximum absolute atomic E-state index is 13.3. The van der Waals surface area contributed by atoms with Crippen LogP contribution in [-0.2, 0) is 14.3 Å². The van der Waals surface area contributed by atoms with Crippen LogP contribution in [0.15, 0.2) is 48.5 Å². The van der Waals surface area contributed by atoms with Gasteiger partial charge in [-0.05, 0) is 28.7 Å². The fraction of sp³-hybridized carbons (Fsp3) is 0.375. The molecule has 0 bridgehead atoms. The Morgan fingerprint density at radius 2 is 1.57 bits per heavy atom. The van der Waals surface area contributed by atoms with E-state index in [9.17, 15) is 27.6 Å². The SMILES string of the molecule is O=C(CC(CCNC(=O)OCC1c2ccccc2-c2ccccc21)C(F)(F)F)N[C@@H](CO)C(=O)O. The minimum absolute atomic E-state index is 0.00268. The molecule has 35 heavy (non-hydrogen) atoms. The summed E-state index contributed by atoms with van der Waals surface area (Å²) in [4.78, 5) is 34.8. The molecular formula is C24H25F3N2O6. The number of benzene rings is 2. The number of carboxylic acids is 1. The number of amides is 2. The van der Waals surface area contributed by atoms with Crippen LogP contribution in [0.2, 0.25) is 0 Å². The number of carbonyl (C=O) groups excluding carboxylic acids is 2. The van der Waals surface area contributed by atoms with Gasteiger partial charge in [0.05, 0.1) is 12.5 Å². The van der Waals surface area contributed by atoms with Crippen LogP contribution in [0, 0.1) is 5.92 Å². The summed E-state index contributed by atoms with van der Waals surface area (Å²) in [7, 11) is 0. The van der Waals surface area contributed by atoms with Crippen molar-refractivity contribution in [3.63, 3.8) is 0 Å². The number of aliphatic carboxylic acids is 1. The number of ether oxygens (including phenoxy) is 1. The number of rotatable bonds is 10. The molecular weight excluding hydrogens is 469 g/mol. The first-order chi connectivity index (χ1) is 16.6. The molecule has 2 atom stereocenters. The lowest BCUT2D eigenvalue weighted by Crippen LogP contribution is -2.45. The summed E-state index contributed by atoms with van der Waals surface area (Å²) in [6.07, 6.45) is -7.29. The molecule has 0 saturated heterocycles. The first kappa shape index (κ1) is 26.0. The third-order valence-corrected chi connectivity index (χ3v) is 5.82. The smallest absolute Gasteiger partial charge is 0.407 e. The second-order valence-corrected chi connectivity index (χ2v) is 8.12. The van der Waals surface area contributed by atoms with E-state index in [0.717, 1.165) is 22.3 Å². The first-order valence-electron chi connectivity index (χ1n) is 10.9. The fourth-order valence-corrected chi connectivity index (χ4v) is 4.04. The van der Waals surface area contributed by atoms with Crippen molar-refractivity contribution in [2.24, 2.45) is 5.92 Å². The van der Waals surface area contributed by atoms with Gasteiger partial charge in [-0.25, -0.2) is 9.59 Å². The molecule has 8 nitrogen and oxygen atoms in total. The van der Waals surface area contributed by atoms with Crippen LogP contribution in [-0.4, -0.2) is 60.2 Å². The van der Waals surface area contributed by atoms with Crippen LogP contribution >= 0.6 is 0 Å². The normalized spacial score (nSPS) is 14.4. The predicted molar refractivity (Wildman–Crippen MR) is 119 cm³/mol. The monoisotopic (exact) mass is 494 g/mol. The summed E-state index contributed by atoms with van der Waals surface area (Å²) in [5, 5.41) is 21.8. The average molecular weight is 494 g/mol. The summed E-state index contributed by atoms with van der Waals surface area (Å²) in [5.74, 6) is -5.06. The number of hydrogen-bond donors (Lipinski definition) is 4. The van der Waals surface area contributed by atoms with Crippen molar-refractivity contribution in [1.29, 1.82) is 0 Å². The van der Waals surface area contributed by atoms with E-state index < -0.39 is 62.1 Å². The third kappa shape index (κ3) is 6.50. The van der Waals surface area contributed by atoms with Crippen LogP contribution in [0.25, 0.3) is 11.1 Å². The fourth-order valence-electron chi connectivity index (χ4n) is 4.04. The molecule has 1 aliphatic carbocycles. The molecule has 188 valence electrons. The Balaban J connectivity index is 1.51. The van der Waals surface area contributed by atoms with E-state index in [1.165, 1.54) is 0 Å². The summed E-state index contributed by atoms with van der Waals surface area (Å²) in [6, 6.07) is 13.7. The molecule has 1 unspecified atom stereocenters. The number of carboxylic acid groups (broad SMARTS) is 1. The molecule has 3 rings (SSSR count). The maximum atomic E-state index is 13.3. The lowest BCUT2D eigenvalue weighted by molar-refractivity contribution is -0.180. The molecule has 0 aromatic heterocycles. The molecule has 0 aliphatic heterocycles. The van der Waals surface area contributed by atoms with Crippen molar-refractivity contribution < 1.29 is 42.5 Å². The number of alkyl halides is 3. The van der Waals surface area contributed by atoms with Crippen molar-refractivity contribution in [2.45, 2.75) is 31.0 Å². The van der Waals surface area contributed by atoms with Crippen molar-refractivity contribution in [3.05, 3.63) is 59.7 Å². The number of aliphatic hydroxyl groups excluding tert-OH is 1. The molecule has 0 fully saturated rings. The topological polar surface area (TPSA) is 125 Å². The van der Waals surface area contributed by atoms with E-state index in [-0.39, 0.29) is 12.5 Å².